The lowest BCUT2D eigenvalue weighted by atomic mass is 9.85. The minimum atomic E-state index is -2.58. The number of aryl methyl sites for hydroxylation is 2. The number of rotatable bonds is 24. The first kappa shape index (κ1) is 58.4. The van der Waals surface area contributed by atoms with Crippen LogP contribution < -0.4 is 31.3 Å². The van der Waals surface area contributed by atoms with Gasteiger partial charge in [-0.2, -0.15) is 4.98 Å². The second kappa shape index (κ2) is 26.3. The molecule has 404 valence electrons. The van der Waals surface area contributed by atoms with Crippen LogP contribution in [0.3, 0.4) is 0 Å². The molecular formula is C56H75ClN9O7PS. The number of ether oxygens (including phenoxy) is 1. The van der Waals surface area contributed by atoms with Crippen molar-refractivity contribution in [1.82, 2.24) is 35.4 Å². The maximum Gasteiger partial charge on any atom is 0.246 e. The minimum absolute atomic E-state index is 0.00849. The Balaban J connectivity index is 0.894. The van der Waals surface area contributed by atoms with Crippen molar-refractivity contribution < 1.29 is 33.6 Å². The number of para-hydroxylation sites is 1. The Labute approximate surface area is 451 Å². The molecule has 1 aliphatic heterocycles. The molecule has 0 unspecified atom stereocenters. The number of aromatic nitrogens is 3. The molecule has 0 saturated carbocycles. The minimum Gasteiger partial charge on any atom is -0.495 e. The molecule has 5 N–H and O–H groups in total. The zero-order valence-corrected chi connectivity index (χ0v) is 47.6. The zero-order chi connectivity index (χ0) is 54.6. The molecule has 19 heteroatoms. The van der Waals surface area contributed by atoms with Crippen molar-refractivity contribution in [3.63, 3.8) is 0 Å². The summed E-state index contributed by atoms with van der Waals surface area (Å²) in [5, 5.41) is 24.2. The molecule has 3 heterocycles. The average molecular weight is 1080 g/mol. The molecule has 6 rings (SSSR count). The van der Waals surface area contributed by atoms with Crippen LogP contribution in [0.1, 0.15) is 114 Å². The highest BCUT2D eigenvalue weighted by atomic mass is 35.5. The van der Waals surface area contributed by atoms with E-state index >= 15 is 0 Å². The van der Waals surface area contributed by atoms with Crippen molar-refractivity contribution in [3.8, 4) is 16.2 Å². The molecule has 2 aromatic heterocycles. The maximum atomic E-state index is 14.1. The van der Waals surface area contributed by atoms with Gasteiger partial charge < -0.3 is 45.5 Å². The summed E-state index contributed by atoms with van der Waals surface area (Å²) in [7, 11) is 0.839. The van der Waals surface area contributed by atoms with Gasteiger partial charge in [0.1, 0.15) is 30.0 Å². The summed E-state index contributed by atoms with van der Waals surface area (Å²) in [6, 6.07) is 17.2. The van der Waals surface area contributed by atoms with Crippen molar-refractivity contribution in [2.24, 2.45) is 5.41 Å². The lowest BCUT2D eigenvalue weighted by molar-refractivity contribution is -0.144. The second-order valence-corrected chi connectivity index (χ2v) is 25.5. The number of likely N-dealkylation sites (tertiary alicyclic amines) is 1. The number of hydrogen-bond acceptors (Lipinski definition) is 13. The molecule has 1 fully saturated rings. The van der Waals surface area contributed by atoms with Gasteiger partial charge in [0.25, 0.3) is 0 Å². The number of unbranched alkanes of at least 4 members (excludes halogenated alkanes) is 5. The van der Waals surface area contributed by atoms with Gasteiger partial charge >= 0.3 is 0 Å². The van der Waals surface area contributed by atoms with E-state index in [9.17, 15) is 28.8 Å². The number of methoxy groups -OCH3 is 1. The van der Waals surface area contributed by atoms with Gasteiger partial charge in [-0.1, -0.05) is 94.5 Å². The third kappa shape index (κ3) is 16.1. The van der Waals surface area contributed by atoms with Crippen molar-refractivity contribution >= 4 is 82.2 Å². The fourth-order valence-corrected chi connectivity index (χ4v) is 11.3. The summed E-state index contributed by atoms with van der Waals surface area (Å²) in [5.41, 5.74) is 7.46. The summed E-state index contributed by atoms with van der Waals surface area (Å²) in [6.07, 6.45) is 7.10. The number of nitrogens with zero attached hydrogens (tertiary/aromatic N) is 5. The Morgan fingerprint density at radius 3 is 2.27 bits per heavy atom. The van der Waals surface area contributed by atoms with Gasteiger partial charge in [-0.25, -0.2) is 9.97 Å². The van der Waals surface area contributed by atoms with Crippen LogP contribution in [0, 0.1) is 19.3 Å². The number of hydrogen-bond donors (Lipinski definition) is 5. The van der Waals surface area contributed by atoms with Gasteiger partial charge in [-0.05, 0) is 105 Å². The van der Waals surface area contributed by atoms with Crippen molar-refractivity contribution in [2.45, 2.75) is 130 Å². The normalized spacial score (nSPS) is 15.5. The predicted octanol–water partition coefficient (Wildman–Crippen LogP) is 10.1. The molecule has 5 aromatic rings. The molecule has 1 saturated heterocycles. The van der Waals surface area contributed by atoms with Crippen LogP contribution in [0.25, 0.3) is 10.4 Å². The van der Waals surface area contributed by atoms with E-state index in [1.165, 1.54) is 11.1 Å². The fourth-order valence-electron chi connectivity index (χ4n) is 9.20. The first-order valence-electron chi connectivity index (χ1n) is 25.7. The van der Waals surface area contributed by atoms with Crippen molar-refractivity contribution in [2.75, 3.05) is 51.2 Å². The molecule has 0 spiro atoms. The summed E-state index contributed by atoms with van der Waals surface area (Å²) < 4.78 is 18.7. The van der Waals surface area contributed by atoms with Crippen LogP contribution in [0.5, 0.6) is 5.75 Å². The first-order valence-corrected chi connectivity index (χ1v) is 29.6. The summed E-state index contributed by atoms with van der Waals surface area (Å²) >= 11 is 8.06. The number of likely N-dealkylation sites (N-methyl/N-ethyl adjacent to an activating group) is 1. The summed E-state index contributed by atoms with van der Waals surface area (Å²) in [4.78, 5) is 71.8. The SMILES string of the molecule is COc1cc(CCN(C)C(=O)CCCCCCCCC(=O)N[C@H](C(=O)N2C[C@H](O)C[C@H]2C(=O)N[C@@H](C)c2ccc(-c3scnc3C)cc2)C(C)(C)C)c(C)cc1Nc1ncc(Cl)c(Nc2ccccc2P(C)(C)=O)n1. The van der Waals surface area contributed by atoms with Crippen LogP contribution in [0.2, 0.25) is 5.02 Å². The van der Waals surface area contributed by atoms with E-state index < -0.39 is 30.7 Å². The maximum absolute atomic E-state index is 14.1. The van der Waals surface area contributed by atoms with E-state index in [1.54, 1.807) is 36.7 Å². The number of carbonyl (C=O) groups excluding carboxylic acids is 4. The number of carbonyl (C=O) groups is 4. The zero-order valence-electron chi connectivity index (χ0n) is 45.1. The topological polar surface area (TPSA) is 208 Å². The van der Waals surface area contributed by atoms with Gasteiger partial charge in [0.2, 0.25) is 29.6 Å². The smallest absolute Gasteiger partial charge is 0.246 e. The molecule has 75 heavy (non-hydrogen) atoms. The number of β-amino-alcohol motifs (C(OH)–C–C–N with tert-alkyl or cyclic N) is 1. The molecule has 1 aliphatic rings. The van der Waals surface area contributed by atoms with Crippen LogP contribution in [-0.2, 0) is 30.2 Å². The van der Waals surface area contributed by atoms with E-state index in [0.29, 0.717) is 65.0 Å². The number of nitrogens with one attached hydrogen (secondary N) is 4. The van der Waals surface area contributed by atoms with Gasteiger partial charge in [0.15, 0.2) is 5.82 Å². The Bertz CT molecular complexity index is 2830. The Hall–Kier alpha value is -5.87. The number of benzene rings is 3. The lowest BCUT2D eigenvalue weighted by Crippen LogP contribution is -2.57. The van der Waals surface area contributed by atoms with Crippen LogP contribution in [0.4, 0.5) is 23.1 Å². The molecule has 0 aliphatic carbocycles. The number of anilines is 4. The standard InChI is InChI=1S/C56H75ClN9O7PS/c1-35-29-44(62-55-58-32-42(57)52(64-55)61-43-19-17-18-20-47(43)74(9,10)72)46(73-8)30-40(35)27-28-65(7)49(69)22-16-14-12-11-13-15-21-48(68)63-51(56(4,5)6)54(71)66-33-41(67)31-45(66)53(70)60-36(2)38-23-25-39(26-24-38)50-37(3)59-34-75-50/h17-20,23-26,29-30,32,34,36,41,45,51,67H,11-16,21-22,27-28,31,33H2,1-10H3,(H,60,70)(H,63,68)(H2,58,61,62,64)/t36-,41+,45-,51+/m0/s1. The van der Waals surface area contributed by atoms with Gasteiger partial charge in [0.05, 0.1) is 52.9 Å². The van der Waals surface area contributed by atoms with E-state index in [0.717, 1.165) is 64.9 Å². The van der Waals surface area contributed by atoms with Crippen molar-refractivity contribution in [1.29, 1.82) is 0 Å². The lowest BCUT2D eigenvalue weighted by Gasteiger charge is -2.35. The number of aliphatic hydroxyl groups is 1. The van der Waals surface area contributed by atoms with Crippen molar-refractivity contribution in [3.05, 3.63) is 99.8 Å². The van der Waals surface area contributed by atoms with E-state index in [1.807, 2.05) is 115 Å². The van der Waals surface area contributed by atoms with Gasteiger partial charge in [-0.3, -0.25) is 19.2 Å². The Morgan fingerprint density at radius 2 is 1.61 bits per heavy atom. The number of aliphatic hydroxyl groups excluding tert-OH is 1. The highest BCUT2D eigenvalue weighted by Crippen LogP contribution is 2.39. The predicted molar refractivity (Wildman–Crippen MR) is 302 cm³/mol. The number of amides is 4. The molecule has 16 nitrogen and oxygen atoms in total. The monoisotopic (exact) mass is 1080 g/mol. The molecule has 4 atom stereocenters. The Morgan fingerprint density at radius 1 is 0.933 bits per heavy atom. The average Bonchev–Trinajstić information content (AvgIpc) is 3.98. The van der Waals surface area contributed by atoms with E-state index in [-0.39, 0.29) is 49.1 Å². The molecule has 3 aromatic carbocycles. The van der Waals surface area contributed by atoms with Crippen LogP contribution in [-0.4, -0.2) is 112 Å². The number of thiazole rings is 1. The molecule has 4 amide bonds. The summed E-state index contributed by atoms with van der Waals surface area (Å²) in [6.45, 7) is 15.5. The number of halogens is 1. The summed E-state index contributed by atoms with van der Waals surface area (Å²) in [5.74, 6) is 0.364. The second-order valence-electron chi connectivity index (χ2n) is 21.1. The molecule has 0 bridgehead atoms. The van der Waals surface area contributed by atoms with Gasteiger partial charge in [-0.15, -0.1) is 11.3 Å². The highest BCUT2D eigenvalue weighted by molar-refractivity contribution is 7.70. The molecule has 0 radical (unpaired) electrons. The largest absolute Gasteiger partial charge is 0.495 e. The van der Waals surface area contributed by atoms with Gasteiger partial charge in [0, 0.05) is 44.7 Å². The third-order valence-corrected chi connectivity index (χ3v) is 16.4. The first-order chi connectivity index (χ1) is 35.5. The van der Waals surface area contributed by atoms with Crippen LogP contribution >= 0.6 is 30.1 Å². The van der Waals surface area contributed by atoms with Crippen LogP contribution in [0.15, 0.2) is 72.4 Å². The Kier molecular flexibility index (Phi) is 20.4. The third-order valence-electron chi connectivity index (χ3n) is 13.6. The van der Waals surface area contributed by atoms with E-state index in [4.69, 9.17) is 16.3 Å². The highest BCUT2D eigenvalue weighted by Gasteiger charge is 2.44. The van der Waals surface area contributed by atoms with E-state index in [2.05, 4.69) is 36.2 Å². The fraction of sp³-hybridized carbons (Fsp3) is 0.482. The quantitative estimate of drug-likeness (QED) is 0.0289. The molecular weight excluding hydrogens is 1010 g/mol.